The van der Waals surface area contributed by atoms with Gasteiger partial charge >= 0.3 is 0 Å². The maximum absolute atomic E-state index is 14.2. The zero-order valence-electron chi connectivity index (χ0n) is 22.5. The lowest BCUT2D eigenvalue weighted by molar-refractivity contribution is 0.0612. The fourth-order valence-electron chi connectivity index (χ4n) is 5.08. The molecule has 2 aromatic heterocycles. The molecule has 3 aromatic carbocycles. The van der Waals surface area contributed by atoms with Crippen molar-refractivity contribution in [2.24, 2.45) is 11.7 Å². The Hall–Kier alpha value is -4.37. The minimum Gasteiger partial charge on any atom is -0.448 e. The van der Waals surface area contributed by atoms with Crippen LogP contribution in [0.5, 0.6) is 0 Å². The molecule has 2 N–H and O–H groups in total. The molecule has 206 valence electrons. The highest BCUT2D eigenvalue weighted by atomic mass is 19.1. The first-order valence-corrected chi connectivity index (χ1v) is 13.1. The van der Waals surface area contributed by atoms with E-state index in [1.165, 1.54) is 34.9 Å². The van der Waals surface area contributed by atoms with Crippen molar-refractivity contribution in [3.8, 4) is 0 Å². The smallest absolute Gasteiger partial charge is 0.297 e. The van der Waals surface area contributed by atoms with Crippen LogP contribution < -0.4 is 11.3 Å². The summed E-state index contributed by atoms with van der Waals surface area (Å²) in [5, 5.41) is 0.351. The standard InChI is InChI=1S/C31H30F2N4O3/c1-18(2)27(36(14-13-34)30(38)21-9-7-19(3)8-10-21)29-35-26-24-16-23(33)11-12-25(24)40-28(26)31(39)37(29)17-20-5-4-6-22(32)15-20/h4-12,15-16,18,27H,13-14,17,34H2,1-3H3/t27-/m1/s1. The van der Waals surface area contributed by atoms with Gasteiger partial charge < -0.3 is 15.1 Å². The van der Waals surface area contributed by atoms with Gasteiger partial charge in [0, 0.05) is 24.0 Å². The Kier molecular flexibility index (Phi) is 7.49. The Morgan fingerprint density at radius 3 is 2.45 bits per heavy atom. The maximum atomic E-state index is 14.2. The first-order chi connectivity index (χ1) is 19.2. The van der Waals surface area contributed by atoms with E-state index in [1.54, 1.807) is 29.2 Å². The van der Waals surface area contributed by atoms with Gasteiger partial charge in [0.25, 0.3) is 11.5 Å². The number of nitrogens with zero attached hydrogens (tertiary/aromatic N) is 3. The molecule has 40 heavy (non-hydrogen) atoms. The van der Waals surface area contributed by atoms with Crippen LogP contribution in [0.25, 0.3) is 22.1 Å². The van der Waals surface area contributed by atoms with E-state index in [1.807, 2.05) is 32.9 Å². The zero-order valence-corrected chi connectivity index (χ0v) is 22.5. The molecule has 0 fully saturated rings. The number of amides is 1. The lowest BCUT2D eigenvalue weighted by Gasteiger charge is -2.35. The third-order valence-corrected chi connectivity index (χ3v) is 6.96. The van der Waals surface area contributed by atoms with Gasteiger partial charge in [-0.05, 0) is 60.9 Å². The van der Waals surface area contributed by atoms with E-state index in [2.05, 4.69) is 0 Å². The molecule has 0 radical (unpaired) electrons. The minimum atomic E-state index is -0.693. The number of aryl methyl sites for hydroxylation is 1. The zero-order chi connectivity index (χ0) is 28.6. The number of nitrogens with two attached hydrogens (primary N) is 1. The van der Waals surface area contributed by atoms with Gasteiger partial charge in [-0.3, -0.25) is 14.2 Å². The van der Waals surface area contributed by atoms with Crippen LogP contribution in [0.15, 0.2) is 75.9 Å². The molecule has 0 aliphatic rings. The molecule has 1 atom stereocenters. The molecule has 7 nitrogen and oxygen atoms in total. The number of carbonyl (C=O) groups excluding carboxylic acids is 1. The summed E-state index contributed by atoms with van der Waals surface area (Å²) in [6, 6.07) is 16.4. The summed E-state index contributed by atoms with van der Waals surface area (Å²) in [6.07, 6.45) is 0. The molecule has 5 aromatic rings. The van der Waals surface area contributed by atoms with Crippen LogP contribution in [-0.4, -0.2) is 33.4 Å². The fraction of sp³-hybridized carbons (Fsp3) is 0.258. The third-order valence-electron chi connectivity index (χ3n) is 6.96. The summed E-state index contributed by atoms with van der Waals surface area (Å²) >= 11 is 0. The van der Waals surface area contributed by atoms with Crippen LogP contribution in [-0.2, 0) is 6.54 Å². The van der Waals surface area contributed by atoms with Crippen molar-refractivity contribution >= 4 is 28.0 Å². The second-order valence-corrected chi connectivity index (χ2v) is 10.3. The largest absolute Gasteiger partial charge is 0.448 e. The first-order valence-electron chi connectivity index (χ1n) is 13.1. The molecule has 0 aliphatic heterocycles. The normalized spacial score (nSPS) is 12.4. The Morgan fingerprint density at radius 2 is 1.77 bits per heavy atom. The molecule has 1 amide bonds. The summed E-state index contributed by atoms with van der Waals surface area (Å²) in [5.41, 5.74) is 7.95. The third kappa shape index (κ3) is 5.12. The monoisotopic (exact) mass is 544 g/mol. The van der Waals surface area contributed by atoms with E-state index in [-0.39, 0.29) is 48.4 Å². The van der Waals surface area contributed by atoms with E-state index >= 15 is 0 Å². The van der Waals surface area contributed by atoms with Crippen LogP contribution in [0, 0.1) is 24.5 Å². The summed E-state index contributed by atoms with van der Waals surface area (Å²) in [5.74, 6) is -1.14. The van der Waals surface area contributed by atoms with Crippen LogP contribution in [0.1, 0.15) is 47.2 Å². The maximum Gasteiger partial charge on any atom is 0.297 e. The molecule has 9 heteroatoms. The van der Waals surface area contributed by atoms with Crippen molar-refractivity contribution in [3.63, 3.8) is 0 Å². The van der Waals surface area contributed by atoms with Crippen LogP contribution in [0.2, 0.25) is 0 Å². The number of carbonyl (C=O) groups is 1. The van der Waals surface area contributed by atoms with Gasteiger partial charge in [-0.1, -0.05) is 43.7 Å². The SMILES string of the molecule is Cc1ccc(C(=O)N(CCN)[C@@H](c2nc3c(oc4ccc(F)cc43)c(=O)n2Cc2cccc(F)c2)C(C)C)cc1. The highest BCUT2D eigenvalue weighted by molar-refractivity contribution is 6.02. The van der Waals surface area contributed by atoms with Crippen LogP contribution >= 0.6 is 0 Å². The molecule has 0 bridgehead atoms. The van der Waals surface area contributed by atoms with Crippen molar-refractivity contribution in [1.29, 1.82) is 0 Å². The lowest BCUT2D eigenvalue weighted by atomic mass is 9.99. The highest BCUT2D eigenvalue weighted by Gasteiger charge is 2.33. The van der Waals surface area contributed by atoms with Gasteiger partial charge in [0.05, 0.1) is 12.6 Å². The number of rotatable bonds is 8. The summed E-state index contributed by atoms with van der Waals surface area (Å²) in [4.78, 5) is 34.4. The number of hydrogen-bond donors (Lipinski definition) is 1. The predicted molar refractivity (Wildman–Crippen MR) is 150 cm³/mol. The van der Waals surface area contributed by atoms with E-state index in [0.29, 0.717) is 22.1 Å². The van der Waals surface area contributed by atoms with Crippen molar-refractivity contribution in [3.05, 3.63) is 111 Å². The van der Waals surface area contributed by atoms with Crippen molar-refractivity contribution in [1.82, 2.24) is 14.5 Å². The average molecular weight is 545 g/mol. The second kappa shape index (κ2) is 11.0. The minimum absolute atomic E-state index is 0.0152. The van der Waals surface area contributed by atoms with Crippen LogP contribution in [0.4, 0.5) is 8.78 Å². The summed E-state index contributed by atoms with van der Waals surface area (Å²) < 4.78 is 35.6. The first kappa shape index (κ1) is 27.2. The molecular weight excluding hydrogens is 514 g/mol. The number of halogens is 2. The molecule has 0 saturated carbocycles. The fourth-order valence-corrected chi connectivity index (χ4v) is 5.08. The lowest BCUT2D eigenvalue weighted by Crippen LogP contribution is -2.43. The predicted octanol–water partition coefficient (Wildman–Crippen LogP) is 5.58. The molecule has 0 spiro atoms. The van der Waals surface area contributed by atoms with E-state index < -0.39 is 23.2 Å². The van der Waals surface area contributed by atoms with Gasteiger partial charge in [-0.2, -0.15) is 0 Å². The quantitative estimate of drug-likeness (QED) is 0.275. The molecule has 0 unspecified atom stereocenters. The number of fused-ring (bicyclic) bond motifs is 3. The number of benzene rings is 3. The van der Waals surface area contributed by atoms with Crippen molar-refractivity contribution < 1.29 is 18.0 Å². The Morgan fingerprint density at radius 1 is 1.05 bits per heavy atom. The summed E-state index contributed by atoms with van der Waals surface area (Å²) in [6.45, 7) is 6.14. The molecular formula is C31H30F2N4O3. The highest BCUT2D eigenvalue weighted by Crippen LogP contribution is 2.32. The second-order valence-electron chi connectivity index (χ2n) is 10.3. The molecule has 2 heterocycles. The van der Waals surface area contributed by atoms with E-state index in [9.17, 15) is 18.4 Å². The average Bonchev–Trinajstić information content (AvgIpc) is 3.28. The van der Waals surface area contributed by atoms with E-state index in [0.717, 1.165) is 5.56 Å². The topological polar surface area (TPSA) is 94.4 Å². The van der Waals surface area contributed by atoms with E-state index in [4.69, 9.17) is 15.1 Å². The van der Waals surface area contributed by atoms with Crippen molar-refractivity contribution in [2.45, 2.75) is 33.4 Å². The Bertz CT molecular complexity index is 1760. The van der Waals surface area contributed by atoms with Crippen molar-refractivity contribution in [2.75, 3.05) is 13.1 Å². The molecule has 0 aliphatic carbocycles. The molecule has 0 saturated heterocycles. The Balaban J connectivity index is 1.77. The van der Waals surface area contributed by atoms with Gasteiger partial charge in [-0.25, -0.2) is 13.8 Å². The number of furan rings is 1. The molecule has 5 rings (SSSR count). The number of aromatic nitrogens is 2. The van der Waals surface area contributed by atoms with Gasteiger partial charge in [-0.15, -0.1) is 0 Å². The van der Waals surface area contributed by atoms with Crippen LogP contribution in [0.3, 0.4) is 0 Å². The summed E-state index contributed by atoms with van der Waals surface area (Å²) in [7, 11) is 0. The number of hydrogen-bond acceptors (Lipinski definition) is 5. The van der Waals surface area contributed by atoms with Gasteiger partial charge in [0.1, 0.15) is 28.6 Å². The Labute approximate surface area is 229 Å². The van der Waals surface area contributed by atoms with Gasteiger partial charge in [0.2, 0.25) is 5.58 Å². The van der Waals surface area contributed by atoms with Gasteiger partial charge in [0.15, 0.2) is 0 Å².